The minimum Gasteiger partial charge on any atom is -0.478 e. The van der Waals surface area contributed by atoms with Crippen LogP contribution in [0.25, 0.3) is 16.9 Å². The average Bonchev–Trinajstić information content (AvgIpc) is 2.81. The first-order valence-corrected chi connectivity index (χ1v) is 5.71. The lowest BCUT2D eigenvalue weighted by atomic mass is 10.1. The Kier molecular flexibility index (Phi) is 2.45. The summed E-state index contributed by atoms with van der Waals surface area (Å²) in [6.45, 7) is 0. The Morgan fingerprint density at radius 2 is 1.84 bits per heavy atom. The van der Waals surface area contributed by atoms with Crippen LogP contribution in [0.15, 0.2) is 48.8 Å². The summed E-state index contributed by atoms with van der Waals surface area (Å²) >= 11 is 0. The highest BCUT2D eigenvalue weighted by Gasteiger charge is 2.06. The predicted molar refractivity (Wildman–Crippen MR) is 72.0 cm³/mol. The Morgan fingerprint density at radius 3 is 2.53 bits per heavy atom. The number of pyridine rings is 1. The summed E-state index contributed by atoms with van der Waals surface area (Å²) in [6, 6.07) is 10.2. The molecule has 0 saturated heterocycles. The van der Waals surface area contributed by atoms with Gasteiger partial charge in [-0.1, -0.05) is 12.1 Å². The number of imidazole rings is 1. The van der Waals surface area contributed by atoms with E-state index in [-0.39, 0.29) is 5.56 Å². The first kappa shape index (κ1) is 11.3. The third-order valence-electron chi connectivity index (χ3n) is 2.90. The van der Waals surface area contributed by atoms with Gasteiger partial charge in [0.15, 0.2) is 0 Å². The smallest absolute Gasteiger partial charge is 0.335 e. The summed E-state index contributed by atoms with van der Waals surface area (Å²) in [4.78, 5) is 15.3. The molecule has 94 valence electrons. The van der Waals surface area contributed by atoms with E-state index in [1.807, 2.05) is 16.7 Å². The highest BCUT2D eigenvalue weighted by Crippen LogP contribution is 2.20. The van der Waals surface area contributed by atoms with Crippen LogP contribution >= 0.6 is 0 Å². The largest absolute Gasteiger partial charge is 0.478 e. The molecule has 1 aromatic carbocycles. The van der Waals surface area contributed by atoms with Gasteiger partial charge in [-0.25, -0.2) is 9.78 Å². The van der Waals surface area contributed by atoms with Crippen LogP contribution in [0.1, 0.15) is 10.4 Å². The van der Waals surface area contributed by atoms with E-state index in [9.17, 15) is 4.79 Å². The van der Waals surface area contributed by atoms with Crippen molar-refractivity contribution < 1.29 is 9.90 Å². The van der Waals surface area contributed by atoms with Gasteiger partial charge in [-0.15, -0.1) is 0 Å². The SMILES string of the molecule is Nc1ccc2nc(-c3ccc(C(=O)O)cc3)cn2c1. The predicted octanol–water partition coefficient (Wildman–Crippen LogP) is 2.28. The lowest BCUT2D eigenvalue weighted by Crippen LogP contribution is -1.94. The molecule has 3 rings (SSSR count). The van der Waals surface area contributed by atoms with Gasteiger partial charge in [0.1, 0.15) is 5.65 Å². The van der Waals surface area contributed by atoms with Gasteiger partial charge in [0.2, 0.25) is 0 Å². The van der Waals surface area contributed by atoms with Gasteiger partial charge < -0.3 is 15.2 Å². The summed E-state index contributed by atoms with van der Waals surface area (Å²) in [5.74, 6) is -0.936. The summed E-state index contributed by atoms with van der Waals surface area (Å²) in [5, 5.41) is 8.86. The fourth-order valence-corrected chi connectivity index (χ4v) is 1.93. The third kappa shape index (κ3) is 2.01. The van der Waals surface area contributed by atoms with Crippen LogP contribution in [-0.2, 0) is 0 Å². The summed E-state index contributed by atoms with van der Waals surface area (Å²) in [5.41, 5.74) is 9.08. The Bertz CT molecular complexity index is 760. The van der Waals surface area contributed by atoms with Crippen LogP contribution in [0, 0.1) is 0 Å². The maximum absolute atomic E-state index is 10.8. The molecule has 0 unspecified atom stereocenters. The first-order valence-electron chi connectivity index (χ1n) is 5.71. The quantitative estimate of drug-likeness (QED) is 0.734. The lowest BCUT2D eigenvalue weighted by molar-refractivity contribution is 0.0697. The number of hydrogen-bond acceptors (Lipinski definition) is 3. The van der Waals surface area contributed by atoms with Crippen LogP contribution < -0.4 is 5.73 Å². The maximum Gasteiger partial charge on any atom is 0.335 e. The minimum absolute atomic E-state index is 0.261. The van der Waals surface area contributed by atoms with Crippen molar-refractivity contribution >= 4 is 17.3 Å². The standard InChI is InChI=1S/C14H11N3O2/c15-11-5-6-13-16-12(8-17(13)7-11)9-1-3-10(4-2-9)14(18)19/h1-8H,15H2,(H,18,19). The number of carbonyl (C=O) groups is 1. The lowest BCUT2D eigenvalue weighted by Gasteiger charge is -1.97. The number of carboxylic acids is 1. The number of benzene rings is 1. The molecule has 0 aliphatic carbocycles. The molecule has 5 nitrogen and oxygen atoms in total. The van der Waals surface area contributed by atoms with Crippen molar-refractivity contribution in [1.29, 1.82) is 0 Å². The number of aromatic nitrogens is 2. The molecule has 2 aromatic heterocycles. The van der Waals surface area contributed by atoms with E-state index in [1.54, 1.807) is 36.5 Å². The Balaban J connectivity index is 2.06. The molecule has 19 heavy (non-hydrogen) atoms. The number of hydrogen-bond donors (Lipinski definition) is 2. The van der Waals surface area contributed by atoms with Gasteiger partial charge in [0.25, 0.3) is 0 Å². The fraction of sp³-hybridized carbons (Fsp3) is 0. The molecule has 0 fully saturated rings. The Labute approximate surface area is 108 Å². The van der Waals surface area contributed by atoms with Crippen molar-refractivity contribution in [1.82, 2.24) is 9.38 Å². The van der Waals surface area contributed by atoms with E-state index in [0.29, 0.717) is 5.69 Å². The zero-order valence-electron chi connectivity index (χ0n) is 9.95. The second-order valence-corrected chi connectivity index (χ2v) is 4.24. The van der Waals surface area contributed by atoms with E-state index in [1.165, 1.54) is 0 Å². The zero-order valence-corrected chi connectivity index (χ0v) is 9.95. The molecule has 0 spiro atoms. The second-order valence-electron chi connectivity index (χ2n) is 4.24. The van der Waals surface area contributed by atoms with Crippen LogP contribution in [0.2, 0.25) is 0 Å². The van der Waals surface area contributed by atoms with Gasteiger partial charge in [-0.3, -0.25) is 0 Å². The van der Waals surface area contributed by atoms with Crippen LogP contribution in [0.3, 0.4) is 0 Å². The van der Waals surface area contributed by atoms with E-state index in [2.05, 4.69) is 4.98 Å². The number of fused-ring (bicyclic) bond motifs is 1. The molecule has 2 heterocycles. The average molecular weight is 253 g/mol. The minimum atomic E-state index is -0.936. The van der Waals surface area contributed by atoms with Crippen molar-refractivity contribution in [3.8, 4) is 11.3 Å². The zero-order chi connectivity index (χ0) is 13.4. The fourth-order valence-electron chi connectivity index (χ4n) is 1.93. The van der Waals surface area contributed by atoms with Crippen molar-refractivity contribution in [3.05, 3.63) is 54.4 Å². The van der Waals surface area contributed by atoms with Gasteiger partial charge in [0.05, 0.1) is 11.3 Å². The number of carboxylic acid groups (broad SMARTS) is 1. The van der Waals surface area contributed by atoms with E-state index >= 15 is 0 Å². The summed E-state index contributed by atoms with van der Waals surface area (Å²) in [7, 11) is 0. The van der Waals surface area contributed by atoms with E-state index < -0.39 is 5.97 Å². The molecular weight excluding hydrogens is 242 g/mol. The molecule has 0 aliphatic rings. The number of nitrogens with two attached hydrogens (primary N) is 1. The topological polar surface area (TPSA) is 80.6 Å². The van der Waals surface area contributed by atoms with E-state index in [4.69, 9.17) is 10.8 Å². The molecule has 3 N–H and O–H groups in total. The first-order chi connectivity index (χ1) is 9.13. The number of nitrogen functional groups attached to an aromatic ring is 1. The highest BCUT2D eigenvalue weighted by molar-refractivity contribution is 5.88. The molecule has 3 aromatic rings. The summed E-state index contributed by atoms with van der Waals surface area (Å²) < 4.78 is 1.84. The van der Waals surface area contributed by atoms with E-state index in [0.717, 1.165) is 16.9 Å². The van der Waals surface area contributed by atoms with Crippen molar-refractivity contribution in [2.24, 2.45) is 0 Å². The van der Waals surface area contributed by atoms with Crippen LogP contribution in [0.4, 0.5) is 5.69 Å². The molecule has 0 amide bonds. The number of rotatable bonds is 2. The third-order valence-corrected chi connectivity index (χ3v) is 2.90. The molecule has 0 aliphatic heterocycles. The van der Waals surface area contributed by atoms with Crippen LogP contribution in [-0.4, -0.2) is 20.5 Å². The Morgan fingerprint density at radius 1 is 1.11 bits per heavy atom. The van der Waals surface area contributed by atoms with Gasteiger partial charge in [-0.2, -0.15) is 0 Å². The van der Waals surface area contributed by atoms with Crippen molar-refractivity contribution in [3.63, 3.8) is 0 Å². The molecule has 5 heteroatoms. The summed E-state index contributed by atoms with van der Waals surface area (Å²) in [6.07, 6.45) is 3.65. The van der Waals surface area contributed by atoms with Crippen molar-refractivity contribution in [2.75, 3.05) is 5.73 Å². The van der Waals surface area contributed by atoms with Gasteiger partial charge >= 0.3 is 5.97 Å². The van der Waals surface area contributed by atoms with Crippen molar-refractivity contribution in [2.45, 2.75) is 0 Å². The van der Waals surface area contributed by atoms with Crippen LogP contribution in [0.5, 0.6) is 0 Å². The molecular formula is C14H11N3O2. The monoisotopic (exact) mass is 253 g/mol. The number of nitrogens with zero attached hydrogens (tertiary/aromatic N) is 2. The number of anilines is 1. The Hall–Kier alpha value is -2.82. The molecule has 0 radical (unpaired) electrons. The van der Waals surface area contributed by atoms with Gasteiger partial charge in [-0.05, 0) is 24.3 Å². The van der Waals surface area contributed by atoms with Gasteiger partial charge in [0, 0.05) is 23.6 Å². The molecule has 0 bridgehead atoms. The second kappa shape index (κ2) is 4.13. The molecule has 0 saturated carbocycles. The normalized spacial score (nSPS) is 10.7. The highest BCUT2D eigenvalue weighted by atomic mass is 16.4. The number of aromatic carboxylic acids is 1. The molecule has 0 atom stereocenters. The maximum atomic E-state index is 10.8.